The first-order valence-electron chi connectivity index (χ1n) is 13.7. The SMILES string of the molecule is NC(=O)Cn1cc(N(c2cccc(F)c2F)c2ncnc3cc(OCCCN[C@@H]4CCCC[C@H]4CO)ccc23)cn1. The lowest BCUT2D eigenvalue weighted by molar-refractivity contribution is -0.118. The third-order valence-corrected chi connectivity index (χ3v) is 7.31. The smallest absolute Gasteiger partial charge is 0.239 e. The van der Waals surface area contributed by atoms with Crippen LogP contribution in [0, 0.1) is 17.6 Å². The van der Waals surface area contributed by atoms with Crippen LogP contribution in [0.3, 0.4) is 0 Å². The number of anilines is 3. The van der Waals surface area contributed by atoms with E-state index >= 15 is 4.39 Å². The molecule has 0 spiro atoms. The van der Waals surface area contributed by atoms with Gasteiger partial charge in [0.05, 0.1) is 29.7 Å². The first-order valence-corrected chi connectivity index (χ1v) is 13.7. The first kappa shape index (κ1) is 28.4. The number of hydrogen-bond donors (Lipinski definition) is 3. The summed E-state index contributed by atoms with van der Waals surface area (Å²) < 4.78 is 36.6. The molecule has 0 radical (unpaired) electrons. The molecule has 0 saturated heterocycles. The molecule has 12 heteroatoms. The number of carbonyl (C=O) groups excluding carboxylic acids is 1. The molecule has 2 aromatic carbocycles. The molecule has 0 aliphatic heterocycles. The summed E-state index contributed by atoms with van der Waals surface area (Å²) in [5.41, 5.74) is 6.11. The highest BCUT2D eigenvalue weighted by atomic mass is 19.2. The fraction of sp³-hybridized carbons (Fsp3) is 0.379. The number of fused-ring (bicyclic) bond motifs is 1. The van der Waals surface area contributed by atoms with E-state index in [1.165, 1.54) is 53.3 Å². The van der Waals surface area contributed by atoms with Crippen molar-refractivity contribution >= 4 is 34.0 Å². The van der Waals surface area contributed by atoms with E-state index < -0.39 is 17.5 Å². The van der Waals surface area contributed by atoms with Crippen LogP contribution in [0.5, 0.6) is 5.75 Å². The topological polar surface area (TPSA) is 131 Å². The number of primary amides is 1. The van der Waals surface area contributed by atoms with E-state index in [1.807, 2.05) is 0 Å². The molecule has 4 N–H and O–H groups in total. The average molecular weight is 566 g/mol. The minimum atomic E-state index is -1.06. The molecule has 1 saturated carbocycles. The number of carbonyl (C=O) groups is 1. The molecule has 0 unspecified atom stereocenters. The Morgan fingerprint density at radius 3 is 2.88 bits per heavy atom. The number of nitrogens with zero attached hydrogens (tertiary/aromatic N) is 5. The summed E-state index contributed by atoms with van der Waals surface area (Å²) in [6.07, 6.45) is 9.56. The third kappa shape index (κ3) is 6.60. The van der Waals surface area contributed by atoms with Crippen molar-refractivity contribution in [3.63, 3.8) is 0 Å². The quantitative estimate of drug-likeness (QED) is 0.220. The van der Waals surface area contributed by atoms with Gasteiger partial charge in [-0.15, -0.1) is 0 Å². The zero-order valence-electron chi connectivity index (χ0n) is 22.5. The van der Waals surface area contributed by atoms with E-state index in [0.717, 1.165) is 31.9 Å². The van der Waals surface area contributed by atoms with Crippen LogP contribution in [0.25, 0.3) is 10.9 Å². The minimum Gasteiger partial charge on any atom is -0.493 e. The van der Waals surface area contributed by atoms with Gasteiger partial charge in [-0.3, -0.25) is 14.4 Å². The average Bonchev–Trinajstić information content (AvgIpc) is 3.42. The van der Waals surface area contributed by atoms with Gasteiger partial charge in [0.2, 0.25) is 5.91 Å². The largest absolute Gasteiger partial charge is 0.493 e. The van der Waals surface area contributed by atoms with Crippen LogP contribution in [0.4, 0.5) is 26.0 Å². The number of hydrogen-bond acceptors (Lipinski definition) is 8. The van der Waals surface area contributed by atoms with Gasteiger partial charge in [-0.2, -0.15) is 5.10 Å². The minimum absolute atomic E-state index is 0.0853. The van der Waals surface area contributed by atoms with Crippen LogP contribution >= 0.6 is 0 Å². The van der Waals surface area contributed by atoms with E-state index in [-0.39, 0.29) is 18.8 Å². The maximum absolute atomic E-state index is 15.1. The van der Waals surface area contributed by atoms with Gasteiger partial charge in [-0.1, -0.05) is 18.9 Å². The number of amides is 1. The van der Waals surface area contributed by atoms with Crippen LogP contribution in [-0.4, -0.2) is 56.6 Å². The molecule has 2 atom stereocenters. The van der Waals surface area contributed by atoms with E-state index in [4.69, 9.17) is 10.5 Å². The van der Waals surface area contributed by atoms with Gasteiger partial charge in [0.25, 0.3) is 0 Å². The molecule has 2 aromatic heterocycles. The number of aliphatic hydroxyl groups excluding tert-OH is 1. The zero-order chi connectivity index (χ0) is 28.8. The van der Waals surface area contributed by atoms with Gasteiger partial charge in [0.1, 0.15) is 24.4 Å². The lowest BCUT2D eigenvalue weighted by Gasteiger charge is -2.31. The lowest BCUT2D eigenvalue weighted by atomic mass is 9.85. The molecular formula is C29H33F2N7O3. The molecule has 4 aromatic rings. The predicted octanol–water partition coefficient (Wildman–Crippen LogP) is 3.97. The maximum atomic E-state index is 15.1. The monoisotopic (exact) mass is 565 g/mol. The molecule has 1 aliphatic carbocycles. The Bertz CT molecular complexity index is 1500. The summed E-state index contributed by atoms with van der Waals surface area (Å²) in [5.74, 6) is -1.45. The van der Waals surface area contributed by atoms with E-state index in [1.54, 1.807) is 18.2 Å². The van der Waals surface area contributed by atoms with Crippen LogP contribution in [0.15, 0.2) is 55.1 Å². The molecular weight excluding hydrogens is 532 g/mol. The van der Waals surface area contributed by atoms with Crippen molar-refractivity contribution in [1.82, 2.24) is 25.1 Å². The molecule has 41 heavy (non-hydrogen) atoms. The second-order valence-electron chi connectivity index (χ2n) is 10.1. The number of aliphatic hydroxyl groups is 1. The first-order chi connectivity index (χ1) is 19.9. The molecule has 10 nitrogen and oxygen atoms in total. The highest BCUT2D eigenvalue weighted by Gasteiger charge is 2.25. The summed E-state index contributed by atoms with van der Waals surface area (Å²) in [6.45, 7) is 1.32. The van der Waals surface area contributed by atoms with Crippen LogP contribution in [-0.2, 0) is 11.3 Å². The Labute approximate surface area is 236 Å². The van der Waals surface area contributed by atoms with Gasteiger partial charge >= 0.3 is 0 Å². The number of ether oxygens (including phenoxy) is 1. The van der Waals surface area contributed by atoms with Gasteiger partial charge in [-0.05, 0) is 56.0 Å². The van der Waals surface area contributed by atoms with Crippen molar-refractivity contribution in [2.45, 2.75) is 44.7 Å². The summed E-state index contributed by atoms with van der Waals surface area (Å²) >= 11 is 0. The Morgan fingerprint density at radius 1 is 1.20 bits per heavy atom. The summed E-state index contributed by atoms with van der Waals surface area (Å²) in [7, 11) is 0. The summed E-state index contributed by atoms with van der Waals surface area (Å²) in [4.78, 5) is 21.6. The van der Waals surface area contributed by atoms with Crippen molar-refractivity contribution in [2.75, 3.05) is 24.7 Å². The van der Waals surface area contributed by atoms with Crippen molar-refractivity contribution in [2.24, 2.45) is 11.7 Å². The Balaban J connectivity index is 1.35. The Hall–Kier alpha value is -4.16. The van der Waals surface area contributed by atoms with Crippen molar-refractivity contribution in [3.05, 3.63) is 66.8 Å². The number of nitrogens with one attached hydrogen (secondary N) is 1. The van der Waals surface area contributed by atoms with E-state index in [0.29, 0.717) is 46.7 Å². The predicted molar refractivity (Wildman–Crippen MR) is 150 cm³/mol. The highest BCUT2D eigenvalue weighted by Crippen LogP contribution is 2.39. The summed E-state index contributed by atoms with van der Waals surface area (Å²) in [6, 6.07) is 9.53. The number of halogens is 2. The molecule has 0 bridgehead atoms. The Morgan fingerprint density at radius 2 is 2.05 bits per heavy atom. The fourth-order valence-electron chi connectivity index (χ4n) is 5.29. The van der Waals surface area contributed by atoms with Gasteiger partial charge in [0, 0.05) is 30.3 Å². The van der Waals surface area contributed by atoms with Gasteiger partial charge in [-0.25, -0.2) is 18.7 Å². The second kappa shape index (κ2) is 13.0. The second-order valence-corrected chi connectivity index (χ2v) is 10.1. The molecule has 1 aliphatic rings. The standard InChI is InChI=1S/C29H33F2N7O3/c30-23-6-3-8-26(28(23)31)38(20-14-36-37(15-20)16-27(32)40)29-22-10-9-21(13-25(22)34-18-35-29)41-12-4-11-33-24-7-2-1-5-19(24)17-39/h3,6,8-10,13-15,18-19,24,33,39H,1-2,4-5,7,11-12,16-17H2,(H2,32,40)/t19-,24+/m0/s1. The van der Waals surface area contributed by atoms with Crippen LogP contribution < -0.4 is 20.7 Å². The van der Waals surface area contributed by atoms with Crippen molar-refractivity contribution < 1.29 is 23.4 Å². The fourth-order valence-corrected chi connectivity index (χ4v) is 5.29. The number of aromatic nitrogens is 4. The molecule has 1 fully saturated rings. The van der Waals surface area contributed by atoms with Crippen molar-refractivity contribution in [3.8, 4) is 5.75 Å². The molecule has 2 heterocycles. The summed E-state index contributed by atoms with van der Waals surface area (Å²) in [5, 5.41) is 17.9. The molecule has 1 amide bonds. The van der Waals surface area contributed by atoms with Crippen molar-refractivity contribution in [1.29, 1.82) is 0 Å². The van der Waals surface area contributed by atoms with Crippen LogP contribution in [0.2, 0.25) is 0 Å². The van der Waals surface area contributed by atoms with E-state index in [2.05, 4.69) is 20.4 Å². The van der Waals surface area contributed by atoms with Gasteiger partial charge < -0.3 is 20.9 Å². The zero-order valence-corrected chi connectivity index (χ0v) is 22.5. The maximum Gasteiger partial charge on any atom is 0.239 e. The van der Waals surface area contributed by atoms with E-state index in [9.17, 15) is 14.3 Å². The molecule has 216 valence electrons. The van der Waals surface area contributed by atoms with Gasteiger partial charge in [0.15, 0.2) is 11.6 Å². The number of rotatable bonds is 12. The normalized spacial score (nSPS) is 17.0. The third-order valence-electron chi connectivity index (χ3n) is 7.31. The lowest BCUT2D eigenvalue weighted by Crippen LogP contribution is -2.40. The van der Waals surface area contributed by atoms with Crippen LogP contribution in [0.1, 0.15) is 32.1 Å². The number of nitrogens with two attached hydrogens (primary N) is 1. The Kier molecular flexibility index (Phi) is 9.00. The number of benzene rings is 2. The highest BCUT2D eigenvalue weighted by molar-refractivity contribution is 5.95. The molecule has 5 rings (SSSR count).